The first kappa shape index (κ1) is 15.6. The summed E-state index contributed by atoms with van der Waals surface area (Å²) in [5.74, 6) is 0.349. The number of carbonyl (C=O) groups excluding carboxylic acids is 2. The summed E-state index contributed by atoms with van der Waals surface area (Å²) in [7, 11) is 0. The van der Waals surface area contributed by atoms with Crippen LogP contribution >= 0.6 is 0 Å². The molecule has 3 aliphatic rings. The van der Waals surface area contributed by atoms with Crippen LogP contribution in [0.15, 0.2) is 10.8 Å². The molecule has 0 N–H and O–H groups in total. The molecular formula is C16H21N3O5. The minimum absolute atomic E-state index is 0.00932. The molecule has 24 heavy (non-hydrogen) atoms. The molecule has 4 rings (SSSR count). The van der Waals surface area contributed by atoms with E-state index >= 15 is 0 Å². The monoisotopic (exact) mass is 335 g/mol. The molecule has 8 heteroatoms. The third-order valence-corrected chi connectivity index (χ3v) is 5.12. The molecule has 3 aliphatic heterocycles. The second-order valence-electron chi connectivity index (χ2n) is 6.53. The number of nitrogens with zero attached hydrogens (tertiary/aromatic N) is 3. The van der Waals surface area contributed by atoms with Crippen LogP contribution in [-0.4, -0.2) is 77.7 Å². The van der Waals surface area contributed by atoms with Crippen molar-refractivity contribution in [3.05, 3.63) is 17.8 Å². The lowest BCUT2D eigenvalue weighted by Crippen LogP contribution is -2.58. The minimum Gasteiger partial charge on any atom is -0.448 e. The molecule has 3 fully saturated rings. The highest BCUT2D eigenvalue weighted by atomic mass is 16.5. The summed E-state index contributed by atoms with van der Waals surface area (Å²) in [4.78, 5) is 32.7. The van der Waals surface area contributed by atoms with Crippen molar-refractivity contribution in [2.45, 2.75) is 38.0 Å². The quantitative estimate of drug-likeness (QED) is 0.768. The molecule has 3 saturated heterocycles. The van der Waals surface area contributed by atoms with Crippen LogP contribution in [0.25, 0.3) is 0 Å². The maximum atomic E-state index is 12.7. The first-order chi connectivity index (χ1) is 11.6. The number of morpholine rings is 1. The smallest absolute Gasteiger partial charge is 0.276 e. The average molecular weight is 335 g/mol. The third-order valence-electron chi connectivity index (χ3n) is 5.12. The van der Waals surface area contributed by atoms with E-state index in [0.29, 0.717) is 37.8 Å². The second-order valence-corrected chi connectivity index (χ2v) is 6.53. The SMILES string of the molecule is Cc1ocnc1C(=O)N1C[C@@H]2OCC(=O)N(C3CCOCC3)[C@H]2C1. The number of rotatable bonds is 2. The Morgan fingerprint density at radius 1 is 1.29 bits per heavy atom. The molecule has 0 aromatic carbocycles. The molecule has 2 amide bonds. The van der Waals surface area contributed by atoms with Crippen molar-refractivity contribution in [1.29, 1.82) is 0 Å². The van der Waals surface area contributed by atoms with Crippen LogP contribution in [0.4, 0.5) is 0 Å². The van der Waals surface area contributed by atoms with E-state index in [4.69, 9.17) is 13.9 Å². The van der Waals surface area contributed by atoms with Crippen LogP contribution in [0, 0.1) is 6.92 Å². The molecule has 2 atom stereocenters. The number of amides is 2. The minimum atomic E-state index is -0.168. The van der Waals surface area contributed by atoms with E-state index in [1.165, 1.54) is 6.39 Å². The maximum Gasteiger partial charge on any atom is 0.276 e. The van der Waals surface area contributed by atoms with Crippen molar-refractivity contribution < 1.29 is 23.5 Å². The third kappa shape index (κ3) is 2.59. The van der Waals surface area contributed by atoms with Crippen molar-refractivity contribution in [2.75, 3.05) is 32.9 Å². The summed E-state index contributed by atoms with van der Waals surface area (Å²) in [6.45, 7) is 4.10. The van der Waals surface area contributed by atoms with Crippen LogP contribution < -0.4 is 0 Å². The van der Waals surface area contributed by atoms with Gasteiger partial charge in [-0.15, -0.1) is 0 Å². The largest absolute Gasteiger partial charge is 0.448 e. The van der Waals surface area contributed by atoms with E-state index in [-0.39, 0.29) is 36.6 Å². The molecule has 0 bridgehead atoms. The highest BCUT2D eigenvalue weighted by Gasteiger charge is 2.47. The van der Waals surface area contributed by atoms with Crippen molar-refractivity contribution in [2.24, 2.45) is 0 Å². The van der Waals surface area contributed by atoms with Crippen LogP contribution in [0.5, 0.6) is 0 Å². The van der Waals surface area contributed by atoms with Crippen LogP contribution in [-0.2, 0) is 14.3 Å². The molecule has 0 aliphatic carbocycles. The highest BCUT2D eigenvalue weighted by molar-refractivity contribution is 5.93. The molecule has 1 aromatic heterocycles. The zero-order chi connectivity index (χ0) is 16.7. The van der Waals surface area contributed by atoms with Crippen molar-refractivity contribution in [1.82, 2.24) is 14.8 Å². The lowest BCUT2D eigenvalue weighted by atomic mass is 10.0. The number of aromatic nitrogens is 1. The number of ether oxygens (including phenoxy) is 2. The van der Waals surface area contributed by atoms with Gasteiger partial charge in [0, 0.05) is 32.3 Å². The van der Waals surface area contributed by atoms with Crippen LogP contribution in [0.3, 0.4) is 0 Å². The Kier molecular flexibility index (Phi) is 4.01. The van der Waals surface area contributed by atoms with E-state index in [1.807, 2.05) is 4.90 Å². The van der Waals surface area contributed by atoms with Gasteiger partial charge in [0.15, 0.2) is 12.1 Å². The molecule has 130 valence electrons. The van der Waals surface area contributed by atoms with Crippen molar-refractivity contribution in [3.8, 4) is 0 Å². The van der Waals surface area contributed by atoms with Gasteiger partial charge in [0.2, 0.25) is 5.91 Å². The highest BCUT2D eigenvalue weighted by Crippen LogP contribution is 2.29. The lowest BCUT2D eigenvalue weighted by Gasteiger charge is -2.43. The Morgan fingerprint density at radius 2 is 2.08 bits per heavy atom. The Morgan fingerprint density at radius 3 is 2.79 bits per heavy atom. The van der Waals surface area contributed by atoms with Gasteiger partial charge >= 0.3 is 0 Å². The number of hydrogen-bond acceptors (Lipinski definition) is 6. The van der Waals surface area contributed by atoms with Gasteiger partial charge in [0.1, 0.15) is 12.4 Å². The number of likely N-dealkylation sites (tertiary alicyclic amines) is 1. The Bertz CT molecular complexity index is 639. The zero-order valence-electron chi connectivity index (χ0n) is 13.6. The first-order valence-corrected chi connectivity index (χ1v) is 8.35. The summed E-state index contributed by atoms with van der Waals surface area (Å²) in [5.41, 5.74) is 0.331. The van der Waals surface area contributed by atoms with Crippen molar-refractivity contribution >= 4 is 11.8 Å². The molecule has 8 nitrogen and oxygen atoms in total. The standard InChI is InChI=1S/C16H21N3O5/c1-10-15(17-9-24-10)16(21)18-6-12-13(7-18)23-8-14(20)19(12)11-2-4-22-5-3-11/h9,11-13H,2-8H2,1H3/t12-,13-/m0/s1. The molecular weight excluding hydrogens is 314 g/mol. The first-order valence-electron chi connectivity index (χ1n) is 8.35. The fourth-order valence-corrected chi connectivity index (χ4v) is 3.89. The molecule has 0 saturated carbocycles. The van der Waals surface area contributed by atoms with Crippen molar-refractivity contribution in [3.63, 3.8) is 0 Å². The lowest BCUT2D eigenvalue weighted by molar-refractivity contribution is -0.159. The topological polar surface area (TPSA) is 85.1 Å². The Balaban J connectivity index is 1.52. The number of aryl methyl sites for hydroxylation is 1. The van der Waals surface area contributed by atoms with E-state index < -0.39 is 0 Å². The zero-order valence-corrected chi connectivity index (χ0v) is 13.6. The Hall–Kier alpha value is -1.93. The van der Waals surface area contributed by atoms with E-state index in [9.17, 15) is 9.59 Å². The van der Waals surface area contributed by atoms with E-state index in [1.54, 1.807) is 11.8 Å². The average Bonchev–Trinajstić information content (AvgIpc) is 3.21. The summed E-state index contributed by atoms with van der Waals surface area (Å²) < 4.78 is 16.2. The van der Waals surface area contributed by atoms with Crippen LogP contribution in [0.1, 0.15) is 29.1 Å². The number of oxazole rings is 1. The molecule has 4 heterocycles. The van der Waals surface area contributed by atoms with Gasteiger partial charge in [-0.3, -0.25) is 9.59 Å². The van der Waals surface area contributed by atoms with Gasteiger partial charge in [-0.25, -0.2) is 4.98 Å². The predicted octanol–water partition coefficient (Wildman–Crippen LogP) is 0.214. The number of carbonyl (C=O) groups is 2. The van der Waals surface area contributed by atoms with Crippen LogP contribution in [0.2, 0.25) is 0 Å². The number of hydrogen-bond donors (Lipinski definition) is 0. The van der Waals surface area contributed by atoms with E-state index in [0.717, 1.165) is 12.8 Å². The summed E-state index contributed by atoms with van der Waals surface area (Å²) >= 11 is 0. The van der Waals surface area contributed by atoms with E-state index in [2.05, 4.69) is 4.98 Å². The van der Waals surface area contributed by atoms with Gasteiger partial charge in [-0.05, 0) is 19.8 Å². The normalized spacial score (nSPS) is 28.3. The van der Waals surface area contributed by atoms with Gasteiger partial charge in [0.25, 0.3) is 5.91 Å². The van der Waals surface area contributed by atoms with Gasteiger partial charge in [0.05, 0.1) is 12.1 Å². The molecule has 0 unspecified atom stereocenters. The van der Waals surface area contributed by atoms with Gasteiger partial charge in [-0.1, -0.05) is 0 Å². The molecule has 1 aromatic rings. The molecule has 0 radical (unpaired) electrons. The second kappa shape index (κ2) is 6.18. The maximum absolute atomic E-state index is 12.7. The van der Waals surface area contributed by atoms with Gasteiger partial charge < -0.3 is 23.7 Å². The summed E-state index contributed by atoms with van der Waals surface area (Å²) in [6.07, 6.45) is 2.82. The fourth-order valence-electron chi connectivity index (χ4n) is 3.89. The Labute approximate surface area is 139 Å². The van der Waals surface area contributed by atoms with Gasteiger partial charge in [-0.2, -0.15) is 0 Å². The predicted molar refractivity (Wildman–Crippen MR) is 81.4 cm³/mol. The molecule has 0 spiro atoms. The summed E-state index contributed by atoms with van der Waals surface area (Å²) in [5, 5.41) is 0. The summed E-state index contributed by atoms with van der Waals surface area (Å²) in [6, 6.07) is 0.0806. The number of fused-ring (bicyclic) bond motifs is 1. The fraction of sp³-hybridized carbons (Fsp3) is 0.688.